The van der Waals surface area contributed by atoms with Gasteiger partial charge in [0.2, 0.25) is 6.79 Å². The number of nitrogens with zero attached hydrogens (tertiary/aromatic N) is 1. The molecular weight excluding hydrogens is 350 g/mol. The molecule has 0 saturated heterocycles. The zero-order chi connectivity index (χ0) is 18.7. The van der Waals surface area contributed by atoms with E-state index in [2.05, 4.69) is 4.90 Å². The van der Waals surface area contributed by atoms with Crippen molar-refractivity contribution in [1.29, 1.82) is 0 Å². The molecule has 1 N–H and O–H groups in total. The number of carbonyl (C=O) groups excluding carboxylic acids is 1. The molecule has 140 valence electrons. The molecule has 2 atom stereocenters. The van der Waals surface area contributed by atoms with Gasteiger partial charge in [-0.2, -0.15) is 0 Å². The predicted octanol–water partition coefficient (Wildman–Crippen LogP) is 2.57. The molecule has 7 nitrogen and oxygen atoms in total. The van der Waals surface area contributed by atoms with E-state index in [9.17, 15) is 9.90 Å². The Labute approximate surface area is 156 Å². The summed E-state index contributed by atoms with van der Waals surface area (Å²) < 4.78 is 21.9. The molecule has 5 rings (SSSR count). The maximum Gasteiger partial charge on any atom is 0.343 e. The number of fused-ring (bicyclic) bond motifs is 4. The van der Waals surface area contributed by atoms with Crippen LogP contribution >= 0.6 is 0 Å². The number of benzene rings is 2. The fourth-order valence-corrected chi connectivity index (χ4v) is 4.26. The maximum atomic E-state index is 12.6. The Balaban J connectivity index is 1.63. The standard InChI is InChI=1S/C20H19NO6/c1-21-6-5-10-7-15(24-2)13(22)8-12(10)17(21)18-11-3-4-14-19(26-9-25-14)16(11)20(23)27-18/h3-4,7-8,17-18,22H,5-6,9H2,1-2H3. The van der Waals surface area contributed by atoms with Crippen molar-refractivity contribution >= 4 is 5.97 Å². The number of likely N-dealkylation sites (N-methyl/N-ethyl adjacent to an activating group) is 1. The van der Waals surface area contributed by atoms with Crippen LogP contribution in [0.1, 0.15) is 39.2 Å². The fraction of sp³-hybridized carbons (Fsp3) is 0.350. The highest BCUT2D eigenvalue weighted by atomic mass is 16.7. The first kappa shape index (κ1) is 16.3. The van der Waals surface area contributed by atoms with Crippen molar-refractivity contribution in [3.8, 4) is 23.0 Å². The van der Waals surface area contributed by atoms with Gasteiger partial charge >= 0.3 is 5.97 Å². The molecule has 0 saturated carbocycles. The van der Waals surface area contributed by atoms with Crippen molar-refractivity contribution in [1.82, 2.24) is 4.90 Å². The second-order valence-electron chi connectivity index (χ2n) is 6.99. The number of esters is 1. The van der Waals surface area contributed by atoms with Crippen LogP contribution in [0.15, 0.2) is 24.3 Å². The number of ether oxygens (including phenoxy) is 4. The highest BCUT2D eigenvalue weighted by Gasteiger charge is 2.44. The molecule has 0 radical (unpaired) electrons. The monoisotopic (exact) mass is 369 g/mol. The largest absolute Gasteiger partial charge is 0.504 e. The lowest BCUT2D eigenvalue weighted by molar-refractivity contribution is 0.00929. The molecule has 0 fully saturated rings. The summed E-state index contributed by atoms with van der Waals surface area (Å²) in [5.41, 5.74) is 3.24. The summed E-state index contributed by atoms with van der Waals surface area (Å²) in [4.78, 5) is 14.8. The molecule has 3 aliphatic heterocycles. The van der Waals surface area contributed by atoms with Gasteiger partial charge in [-0.1, -0.05) is 6.07 Å². The van der Waals surface area contributed by atoms with Gasteiger partial charge in [-0.3, -0.25) is 4.90 Å². The molecule has 2 aromatic rings. The molecule has 0 bridgehead atoms. The summed E-state index contributed by atoms with van der Waals surface area (Å²) in [5, 5.41) is 10.3. The Morgan fingerprint density at radius 3 is 2.89 bits per heavy atom. The molecule has 0 spiro atoms. The Morgan fingerprint density at radius 2 is 2.07 bits per heavy atom. The minimum absolute atomic E-state index is 0.0757. The van der Waals surface area contributed by atoms with Gasteiger partial charge in [0.1, 0.15) is 11.7 Å². The molecule has 2 aromatic carbocycles. The van der Waals surface area contributed by atoms with Crippen LogP contribution in [0, 0.1) is 0 Å². The van der Waals surface area contributed by atoms with E-state index in [1.807, 2.05) is 25.2 Å². The van der Waals surface area contributed by atoms with E-state index in [-0.39, 0.29) is 18.6 Å². The Kier molecular flexibility index (Phi) is 3.48. The topological polar surface area (TPSA) is 77.5 Å². The van der Waals surface area contributed by atoms with Crippen molar-refractivity contribution < 1.29 is 28.8 Å². The third-order valence-corrected chi connectivity index (χ3v) is 5.57. The lowest BCUT2D eigenvalue weighted by Crippen LogP contribution is -2.36. The highest BCUT2D eigenvalue weighted by Crippen LogP contribution is 2.51. The first-order chi connectivity index (χ1) is 13.1. The number of phenols is 1. The number of hydrogen-bond donors (Lipinski definition) is 1. The van der Waals surface area contributed by atoms with E-state index < -0.39 is 12.1 Å². The number of phenolic OH excluding ortho intramolecular Hbond substituents is 1. The normalized spacial score (nSPS) is 23.0. The highest BCUT2D eigenvalue weighted by molar-refractivity contribution is 5.98. The number of carbonyl (C=O) groups is 1. The molecule has 27 heavy (non-hydrogen) atoms. The Morgan fingerprint density at radius 1 is 1.22 bits per heavy atom. The molecular formula is C20H19NO6. The molecule has 0 aliphatic carbocycles. The van der Waals surface area contributed by atoms with Crippen LogP contribution in [-0.2, 0) is 11.2 Å². The van der Waals surface area contributed by atoms with E-state index in [1.165, 1.54) is 7.11 Å². The number of cyclic esters (lactones) is 1. The number of methoxy groups -OCH3 is 1. The van der Waals surface area contributed by atoms with Gasteiger partial charge in [0, 0.05) is 12.1 Å². The number of rotatable bonds is 2. The van der Waals surface area contributed by atoms with Crippen LogP contribution in [0.2, 0.25) is 0 Å². The van der Waals surface area contributed by atoms with Crippen molar-refractivity contribution in [3.63, 3.8) is 0 Å². The van der Waals surface area contributed by atoms with E-state index >= 15 is 0 Å². The molecule has 2 unspecified atom stereocenters. The first-order valence-electron chi connectivity index (χ1n) is 8.82. The quantitative estimate of drug-likeness (QED) is 0.815. The second kappa shape index (κ2) is 5.79. The number of aromatic hydroxyl groups is 1. The van der Waals surface area contributed by atoms with Gasteiger partial charge in [-0.15, -0.1) is 0 Å². The van der Waals surface area contributed by atoms with Crippen molar-refractivity contribution in [2.24, 2.45) is 0 Å². The van der Waals surface area contributed by atoms with Gasteiger partial charge in [0.05, 0.1) is 13.2 Å². The summed E-state index contributed by atoms with van der Waals surface area (Å²) >= 11 is 0. The summed E-state index contributed by atoms with van der Waals surface area (Å²) in [6, 6.07) is 7.04. The van der Waals surface area contributed by atoms with Crippen molar-refractivity contribution in [3.05, 3.63) is 46.5 Å². The summed E-state index contributed by atoms with van der Waals surface area (Å²) in [6.45, 7) is 0.906. The Bertz CT molecular complexity index is 956. The predicted molar refractivity (Wildman–Crippen MR) is 94.5 cm³/mol. The molecule has 0 aromatic heterocycles. The van der Waals surface area contributed by atoms with Gasteiger partial charge in [-0.05, 0) is 42.8 Å². The van der Waals surface area contributed by atoms with E-state index in [1.54, 1.807) is 6.07 Å². The zero-order valence-electron chi connectivity index (χ0n) is 15.0. The van der Waals surface area contributed by atoms with Crippen LogP contribution in [0.4, 0.5) is 0 Å². The second-order valence-corrected chi connectivity index (χ2v) is 6.99. The van der Waals surface area contributed by atoms with Crippen LogP contribution in [0.25, 0.3) is 0 Å². The maximum absolute atomic E-state index is 12.6. The van der Waals surface area contributed by atoms with Gasteiger partial charge in [0.15, 0.2) is 23.0 Å². The summed E-state index contributed by atoms with van der Waals surface area (Å²) in [6.07, 6.45) is 0.340. The van der Waals surface area contributed by atoms with Crippen LogP contribution in [-0.4, -0.2) is 43.5 Å². The zero-order valence-corrected chi connectivity index (χ0v) is 15.0. The van der Waals surface area contributed by atoms with E-state index in [4.69, 9.17) is 18.9 Å². The molecule has 3 heterocycles. The van der Waals surface area contributed by atoms with Crippen LogP contribution in [0.3, 0.4) is 0 Å². The smallest absolute Gasteiger partial charge is 0.343 e. The van der Waals surface area contributed by atoms with Gasteiger partial charge in [0.25, 0.3) is 0 Å². The lowest BCUT2D eigenvalue weighted by Gasteiger charge is -2.37. The SMILES string of the molecule is COc1cc2c(cc1O)C(C1OC(=O)c3c1ccc1c3OCO1)N(C)CC2. The summed E-state index contributed by atoms with van der Waals surface area (Å²) in [5.74, 6) is 1.13. The minimum Gasteiger partial charge on any atom is -0.504 e. The third-order valence-electron chi connectivity index (χ3n) is 5.57. The average Bonchev–Trinajstić information content (AvgIpc) is 3.25. The fourth-order valence-electron chi connectivity index (χ4n) is 4.26. The van der Waals surface area contributed by atoms with Crippen LogP contribution in [0.5, 0.6) is 23.0 Å². The van der Waals surface area contributed by atoms with Gasteiger partial charge in [-0.25, -0.2) is 4.79 Å². The Hall–Kier alpha value is -2.93. The molecule has 0 amide bonds. The first-order valence-corrected chi connectivity index (χ1v) is 8.82. The number of hydrogen-bond acceptors (Lipinski definition) is 7. The average molecular weight is 369 g/mol. The van der Waals surface area contributed by atoms with E-state index in [0.717, 1.165) is 29.7 Å². The molecule has 3 aliphatic rings. The van der Waals surface area contributed by atoms with Crippen molar-refractivity contribution in [2.45, 2.75) is 18.6 Å². The van der Waals surface area contributed by atoms with E-state index in [0.29, 0.717) is 22.8 Å². The minimum atomic E-state index is -0.487. The van der Waals surface area contributed by atoms with Crippen LogP contribution < -0.4 is 14.2 Å². The summed E-state index contributed by atoms with van der Waals surface area (Å²) in [7, 11) is 3.53. The van der Waals surface area contributed by atoms with Gasteiger partial charge < -0.3 is 24.1 Å². The molecule has 7 heteroatoms. The van der Waals surface area contributed by atoms with Crippen molar-refractivity contribution in [2.75, 3.05) is 27.5 Å². The lowest BCUT2D eigenvalue weighted by atomic mass is 9.86. The third kappa shape index (κ3) is 2.28.